The third-order valence-corrected chi connectivity index (χ3v) is 13.3. The Balaban J connectivity index is 0.919. The predicted octanol–water partition coefficient (Wildman–Crippen LogP) is 15.9. The van der Waals surface area contributed by atoms with Crippen molar-refractivity contribution in [2.24, 2.45) is 0 Å². The van der Waals surface area contributed by atoms with E-state index in [9.17, 15) is 0 Å². The highest BCUT2D eigenvalue weighted by Gasteiger charge is 2.35. The SMILES string of the molecule is c1ccc(-c2ccc(-c3cc(-c4ccc(C5(c6ccc(-c7cc(-c8ccc(-c9ccccc9)cc8)nc(-c8ccccc8)n7)cc6)CCCCC5)cc4)nc(-c4ccccc4)n3)cc2)cc1. The maximum Gasteiger partial charge on any atom is 0.160 e. The summed E-state index contributed by atoms with van der Waals surface area (Å²) < 4.78 is 0. The highest BCUT2D eigenvalue weighted by Crippen LogP contribution is 2.46. The Kier molecular flexibility index (Phi) is 11.2. The second kappa shape index (κ2) is 18.2. The van der Waals surface area contributed by atoms with Gasteiger partial charge in [-0.1, -0.05) is 238 Å². The van der Waals surface area contributed by atoms with Gasteiger partial charge in [0.2, 0.25) is 0 Å². The number of nitrogens with zero attached hydrogens (tertiary/aromatic N) is 4. The van der Waals surface area contributed by atoms with Crippen LogP contribution in [0.15, 0.2) is 231 Å². The Morgan fingerprint density at radius 3 is 0.818 bits per heavy atom. The quantitative estimate of drug-likeness (QED) is 0.138. The summed E-state index contributed by atoms with van der Waals surface area (Å²) in [5.74, 6) is 1.44. The summed E-state index contributed by atoms with van der Waals surface area (Å²) in [4.78, 5) is 20.5. The van der Waals surface area contributed by atoms with Gasteiger partial charge in [0.05, 0.1) is 22.8 Å². The maximum absolute atomic E-state index is 5.17. The average Bonchev–Trinajstić information content (AvgIpc) is 3.42. The highest BCUT2D eigenvalue weighted by molar-refractivity contribution is 5.76. The fraction of sp³-hybridized carbons (Fsp3) is 0.0968. The van der Waals surface area contributed by atoms with Crippen LogP contribution < -0.4 is 0 Å². The fourth-order valence-corrected chi connectivity index (χ4v) is 9.67. The summed E-state index contributed by atoms with van der Waals surface area (Å²) in [5, 5.41) is 0. The van der Waals surface area contributed by atoms with Gasteiger partial charge in [-0.3, -0.25) is 0 Å². The Morgan fingerprint density at radius 2 is 0.500 bits per heavy atom. The molecule has 0 unspecified atom stereocenters. The van der Waals surface area contributed by atoms with Crippen molar-refractivity contribution in [1.29, 1.82) is 0 Å². The fourth-order valence-electron chi connectivity index (χ4n) is 9.67. The third kappa shape index (κ3) is 8.37. The van der Waals surface area contributed by atoms with Crippen LogP contribution in [0.2, 0.25) is 0 Å². The Bertz CT molecular complexity index is 2980. The minimum absolute atomic E-state index is 0.0889. The molecule has 0 atom stereocenters. The molecule has 0 amide bonds. The van der Waals surface area contributed by atoms with Crippen LogP contribution in [0.1, 0.15) is 43.2 Å². The molecule has 4 nitrogen and oxygen atoms in total. The van der Waals surface area contributed by atoms with E-state index in [1.165, 1.54) is 52.6 Å². The van der Waals surface area contributed by atoms with Crippen LogP contribution in [0, 0.1) is 0 Å². The zero-order chi connectivity index (χ0) is 44.1. The number of aromatic nitrogens is 4. The number of hydrogen-bond acceptors (Lipinski definition) is 4. The number of hydrogen-bond donors (Lipinski definition) is 0. The van der Waals surface area contributed by atoms with Crippen LogP contribution in [0.5, 0.6) is 0 Å². The molecule has 1 saturated carbocycles. The molecule has 1 aliphatic rings. The normalized spacial score (nSPS) is 13.3. The molecular formula is C62H48N4. The molecule has 1 fully saturated rings. The molecule has 4 heteroatoms. The van der Waals surface area contributed by atoms with Crippen molar-refractivity contribution in [3.63, 3.8) is 0 Å². The lowest BCUT2D eigenvalue weighted by molar-refractivity contribution is 0.346. The molecule has 2 heterocycles. The maximum atomic E-state index is 5.17. The van der Waals surface area contributed by atoms with E-state index in [1.807, 2.05) is 36.4 Å². The summed E-state index contributed by atoms with van der Waals surface area (Å²) in [6.45, 7) is 0. The van der Waals surface area contributed by atoms with Gasteiger partial charge in [-0.25, -0.2) is 19.9 Å². The standard InChI is InChI=1S/C62H48N4/c1-6-16-44(17-7-1)46-24-28-48(29-25-46)56-42-58(65-60(63-56)52-20-10-3-11-21-52)50-32-36-54(37-33-50)62(40-14-5-15-41-62)55-38-34-51(35-39-55)59-43-57(64-61(66-59)53-22-12-4-13-23-53)49-30-26-47(27-31-49)45-18-8-2-9-19-45/h1-4,6-13,16-39,42-43H,5,14-15,40-41H2. The lowest BCUT2D eigenvalue weighted by atomic mass is 9.65. The number of benzene rings is 8. The van der Waals surface area contributed by atoms with E-state index in [4.69, 9.17) is 19.9 Å². The first kappa shape index (κ1) is 40.7. The second-order valence-electron chi connectivity index (χ2n) is 17.3. The van der Waals surface area contributed by atoms with Crippen molar-refractivity contribution in [1.82, 2.24) is 19.9 Å². The van der Waals surface area contributed by atoms with Gasteiger partial charge in [-0.15, -0.1) is 0 Å². The topological polar surface area (TPSA) is 51.6 Å². The Hall–Kier alpha value is -8.08. The van der Waals surface area contributed by atoms with Crippen LogP contribution in [0.25, 0.3) is 90.1 Å². The van der Waals surface area contributed by atoms with Gasteiger partial charge in [-0.2, -0.15) is 0 Å². The van der Waals surface area contributed by atoms with Gasteiger partial charge in [-0.05, 0) is 58.4 Å². The summed E-state index contributed by atoms with van der Waals surface area (Å²) >= 11 is 0. The van der Waals surface area contributed by atoms with Crippen LogP contribution in [-0.4, -0.2) is 19.9 Å². The lowest BCUT2D eigenvalue weighted by Gasteiger charge is -2.39. The lowest BCUT2D eigenvalue weighted by Crippen LogP contribution is -2.30. The molecule has 316 valence electrons. The van der Waals surface area contributed by atoms with Crippen molar-refractivity contribution < 1.29 is 0 Å². The van der Waals surface area contributed by atoms with Gasteiger partial charge < -0.3 is 0 Å². The monoisotopic (exact) mass is 848 g/mol. The van der Waals surface area contributed by atoms with E-state index >= 15 is 0 Å². The van der Waals surface area contributed by atoms with E-state index in [-0.39, 0.29) is 5.41 Å². The van der Waals surface area contributed by atoms with Crippen molar-refractivity contribution in [3.05, 3.63) is 242 Å². The molecule has 0 radical (unpaired) electrons. The van der Waals surface area contributed by atoms with Crippen molar-refractivity contribution >= 4 is 0 Å². The molecule has 0 saturated heterocycles. The zero-order valence-electron chi connectivity index (χ0n) is 36.8. The van der Waals surface area contributed by atoms with Crippen molar-refractivity contribution in [2.45, 2.75) is 37.5 Å². The van der Waals surface area contributed by atoms with Crippen LogP contribution in [0.4, 0.5) is 0 Å². The molecule has 0 spiro atoms. The van der Waals surface area contributed by atoms with Crippen molar-refractivity contribution in [3.8, 4) is 90.1 Å². The van der Waals surface area contributed by atoms with Gasteiger partial charge in [0.1, 0.15) is 0 Å². The largest absolute Gasteiger partial charge is 0.228 e. The van der Waals surface area contributed by atoms with Crippen molar-refractivity contribution in [2.75, 3.05) is 0 Å². The van der Waals surface area contributed by atoms with Crippen LogP contribution in [-0.2, 0) is 5.41 Å². The van der Waals surface area contributed by atoms with Crippen LogP contribution >= 0.6 is 0 Å². The van der Waals surface area contributed by atoms with E-state index in [0.29, 0.717) is 0 Å². The average molecular weight is 849 g/mol. The van der Waals surface area contributed by atoms with Crippen LogP contribution in [0.3, 0.4) is 0 Å². The first-order valence-electron chi connectivity index (χ1n) is 23.1. The van der Waals surface area contributed by atoms with Gasteiger partial charge >= 0.3 is 0 Å². The van der Waals surface area contributed by atoms with E-state index < -0.39 is 0 Å². The molecule has 66 heavy (non-hydrogen) atoms. The number of rotatable bonds is 10. The summed E-state index contributed by atoms with van der Waals surface area (Å²) in [5.41, 5.74) is 17.2. The Labute approximate surface area is 387 Å². The minimum Gasteiger partial charge on any atom is -0.228 e. The minimum atomic E-state index is -0.0889. The first-order chi connectivity index (χ1) is 32.6. The van der Waals surface area contributed by atoms with Gasteiger partial charge in [0, 0.05) is 38.8 Å². The highest BCUT2D eigenvalue weighted by atomic mass is 14.9. The zero-order valence-corrected chi connectivity index (χ0v) is 36.8. The molecule has 0 aliphatic heterocycles. The predicted molar refractivity (Wildman–Crippen MR) is 271 cm³/mol. The molecule has 1 aliphatic carbocycles. The first-order valence-corrected chi connectivity index (χ1v) is 23.1. The summed E-state index contributed by atoms with van der Waals surface area (Å²) in [7, 11) is 0. The second-order valence-corrected chi connectivity index (χ2v) is 17.3. The molecule has 2 aromatic heterocycles. The van der Waals surface area contributed by atoms with Gasteiger partial charge in [0.25, 0.3) is 0 Å². The molecule has 0 bridgehead atoms. The summed E-state index contributed by atoms with van der Waals surface area (Å²) in [6, 6.07) is 81.7. The Morgan fingerprint density at radius 1 is 0.242 bits per heavy atom. The third-order valence-electron chi connectivity index (χ3n) is 13.3. The molecule has 0 N–H and O–H groups in total. The van der Waals surface area contributed by atoms with E-state index in [2.05, 4.69) is 194 Å². The summed E-state index contributed by atoms with van der Waals surface area (Å²) in [6.07, 6.45) is 5.86. The van der Waals surface area contributed by atoms with E-state index in [0.717, 1.165) is 80.6 Å². The molecular weight excluding hydrogens is 801 g/mol. The van der Waals surface area contributed by atoms with E-state index in [1.54, 1.807) is 0 Å². The molecule has 10 aromatic rings. The smallest absolute Gasteiger partial charge is 0.160 e. The molecule has 11 rings (SSSR count). The molecule has 8 aromatic carbocycles. The van der Waals surface area contributed by atoms with Gasteiger partial charge in [0.15, 0.2) is 11.6 Å².